The summed E-state index contributed by atoms with van der Waals surface area (Å²) in [5.41, 5.74) is 6.12. The smallest absolute Gasteiger partial charge is 0.0220 e. The highest BCUT2D eigenvalue weighted by molar-refractivity contribution is 4.78. The monoisotopic (exact) mass is 241 g/mol. The summed E-state index contributed by atoms with van der Waals surface area (Å²) in [4.78, 5) is 5.14. The van der Waals surface area contributed by atoms with E-state index < -0.39 is 0 Å². The zero-order chi connectivity index (χ0) is 12.7. The van der Waals surface area contributed by atoms with Gasteiger partial charge in [-0.05, 0) is 52.4 Å². The zero-order valence-corrected chi connectivity index (χ0v) is 12.0. The summed E-state index contributed by atoms with van der Waals surface area (Å²) in [6, 6.07) is 1.13. The van der Waals surface area contributed by atoms with Crippen LogP contribution in [0.4, 0.5) is 0 Å². The van der Waals surface area contributed by atoms with Gasteiger partial charge in [0.2, 0.25) is 0 Å². The van der Waals surface area contributed by atoms with Crippen molar-refractivity contribution in [2.45, 2.75) is 58.0 Å². The number of hydrogen-bond donors (Lipinski definition) is 1. The second-order valence-corrected chi connectivity index (χ2v) is 5.55. The molecule has 2 atom stereocenters. The van der Waals surface area contributed by atoms with Crippen LogP contribution in [0.3, 0.4) is 0 Å². The van der Waals surface area contributed by atoms with Crippen molar-refractivity contribution in [3.8, 4) is 0 Å². The van der Waals surface area contributed by atoms with E-state index in [1.165, 1.54) is 51.9 Å². The first kappa shape index (κ1) is 14.9. The van der Waals surface area contributed by atoms with Gasteiger partial charge in [-0.15, -0.1) is 0 Å². The molecule has 0 saturated carbocycles. The molecule has 102 valence electrons. The minimum Gasteiger partial charge on any atom is -0.328 e. The van der Waals surface area contributed by atoms with Crippen molar-refractivity contribution >= 4 is 0 Å². The Morgan fingerprint density at radius 2 is 2.00 bits per heavy atom. The third kappa shape index (κ3) is 5.36. The van der Waals surface area contributed by atoms with Crippen LogP contribution >= 0.6 is 0 Å². The van der Waals surface area contributed by atoms with Crippen molar-refractivity contribution in [1.82, 2.24) is 9.80 Å². The molecule has 0 amide bonds. The normalized spacial score (nSPS) is 25.8. The summed E-state index contributed by atoms with van der Waals surface area (Å²) < 4.78 is 0. The average molecular weight is 241 g/mol. The highest BCUT2D eigenvalue weighted by Crippen LogP contribution is 2.13. The third-order valence-electron chi connectivity index (χ3n) is 3.94. The quantitative estimate of drug-likeness (QED) is 0.771. The molecule has 0 bridgehead atoms. The van der Waals surface area contributed by atoms with Gasteiger partial charge < -0.3 is 10.6 Å². The fraction of sp³-hybridized carbons (Fsp3) is 1.00. The Labute approximate surface area is 107 Å². The maximum absolute atomic E-state index is 6.12. The van der Waals surface area contributed by atoms with E-state index in [-0.39, 0.29) is 0 Å². The number of rotatable bonds is 6. The van der Waals surface area contributed by atoms with Gasteiger partial charge in [-0.1, -0.05) is 20.3 Å². The Hall–Kier alpha value is -0.120. The van der Waals surface area contributed by atoms with Gasteiger partial charge in [0.1, 0.15) is 0 Å². The summed E-state index contributed by atoms with van der Waals surface area (Å²) >= 11 is 0. The molecule has 1 heterocycles. The largest absolute Gasteiger partial charge is 0.328 e. The van der Waals surface area contributed by atoms with Crippen molar-refractivity contribution in [2.75, 3.05) is 33.2 Å². The Kier molecular flexibility index (Phi) is 7.09. The minimum atomic E-state index is 0.401. The predicted octanol–water partition coefficient (Wildman–Crippen LogP) is 1.92. The van der Waals surface area contributed by atoms with Crippen molar-refractivity contribution in [3.63, 3.8) is 0 Å². The lowest BCUT2D eigenvalue weighted by atomic mass is 10.1. The zero-order valence-electron chi connectivity index (χ0n) is 12.0. The number of nitrogens with two attached hydrogens (primary N) is 1. The molecule has 2 N–H and O–H groups in total. The molecular formula is C14H31N3. The average Bonchev–Trinajstić information content (AvgIpc) is 2.48. The van der Waals surface area contributed by atoms with E-state index in [9.17, 15) is 0 Å². The molecular weight excluding hydrogens is 210 g/mol. The first-order valence-electron chi connectivity index (χ1n) is 7.35. The second kappa shape index (κ2) is 8.06. The summed E-state index contributed by atoms with van der Waals surface area (Å²) in [7, 11) is 2.25. The van der Waals surface area contributed by atoms with Crippen LogP contribution in [0.1, 0.15) is 46.0 Å². The fourth-order valence-electron chi connectivity index (χ4n) is 2.82. The van der Waals surface area contributed by atoms with Crippen LogP contribution in [0.2, 0.25) is 0 Å². The molecule has 3 nitrogen and oxygen atoms in total. The van der Waals surface area contributed by atoms with Crippen LogP contribution in [0, 0.1) is 0 Å². The lowest BCUT2D eigenvalue weighted by Gasteiger charge is -2.30. The number of likely N-dealkylation sites (N-methyl/N-ethyl adjacent to an activating group) is 1. The fourth-order valence-corrected chi connectivity index (χ4v) is 2.82. The van der Waals surface area contributed by atoms with Crippen LogP contribution in [0.5, 0.6) is 0 Å². The Morgan fingerprint density at radius 1 is 1.24 bits per heavy atom. The molecule has 0 spiro atoms. The Bertz CT molecular complexity index is 196. The van der Waals surface area contributed by atoms with E-state index in [0.717, 1.165) is 12.5 Å². The van der Waals surface area contributed by atoms with Gasteiger partial charge in [-0.25, -0.2) is 0 Å². The van der Waals surface area contributed by atoms with Crippen LogP contribution in [-0.4, -0.2) is 55.1 Å². The number of hydrogen-bond acceptors (Lipinski definition) is 3. The van der Waals surface area contributed by atoms with Crippen molar-refractivity contribution in [1.29, 1.82) is 0 Å². The van der Waals surface area contributed by atoms with E-state index in [1.807, 2.05) is 0 Å². The standard InChI is InChI=1S/C14H31N3/c1-4-7-13(15)8-11-17-10-6-9-16(3)12-14(17)5-2/h13-14H,4-12,15H2,1-3H3. The van der Waals surface area contributed by atoms with Crippen LogP contribution in [0.25, 0.3) is 0 Å². The van der Waals surface area contributed by atoms with E-state index in [2.05, 4.69) is 30.7 Å². The molecule has 0 radical (unpaired) electrons. The summed E-state index contributed by atoms with van der Waals surface area (Å²) in [6.07, 6.45) is 6.10. The van der Waals surface area contributed by atoms with Gasteiger partial charge in [-0.2, -0.15) is 0 Å². The molecule has 0 aromatic rings. The minimum absolute atomic E-state index is 0.401. The second-order valence-electron chi connectivity index (χ2n) is 5.55. The molecule has 1 aliphatic heterocycles. The molecule has 17 heavy (non-hydrogen) atoms. The topological polar surface area (TPSA) is 32.5 Å². The van der Waals surface area contributed by atoms with Crippen molar-refractivity contribution in [3.05, 3.63) is 0 Å². The van der Waals surface area contributed by atoms with E-state index in [1.54, 1.807) is 0 Å². The van der Waals surface area contributed by atoms with Crippen molar-refractivity contribution < 1.29 is 0 Å². The van der Waals surface area contributed by atoms with Crippen LogP contribution in [-0.2, 0) is 0 Å². The van der Waals surface area contributed by atoms with E-state index in [4.69, 9.17) is 5.73 Å². The maximum Gasteiger partial charge on any atom is 0.0220 e. The molecule has 1 aliphatic rings. The van der Waals surface area contributed by atoms with Crippen molar-refractivity contribution in [2.24, 2.45) is 5.73 Å². The molecule has 3 heteroatoms. The highest BCUT2D eigenvalue weighted by Gasteiger charge is 2.21. The molecule has 1 fully saturated rings. The molecule has 1 saturated heterocycles. The highest BCUT2D eigenvalue weighted by atomic mass is 15.2. The maximum atomic E-state index is 6.12. The molecule has 0 aromatic carbocycles. The predicted molar refractivity (Wildman–Crippen MR) is 75.3 cm³/mol. The summed E-state index contributed by atoms with van der Waals surface area (Å²) in [5, 5.41) is 0. The Balaban J connectivity index is 2.38. The third-order valence-corrected chi connectivity index (χ3v) is 3.94. The number of nitrogens with zero attached hydrogens (tertiary/aromatic N) is 2. The van der Waals surface area contributed by atoms with Gasteiger partial charge in [0.25, 0.3) is 0 Å². The summed E-state index contributed by atoms with van der Waals surface area (Å²) in [5.74, 6) is 0. The molecule has 0 aromatic heterocycles. The lowest BCUT2D eigenvalue weighted by molar-refractivity contribution is 0.177. The van der Waals surface area contributed by atoms with E-state index in [0.29, 0.717) is 6.04 Å². The van der Waals surface area contributed by atoms with Gasteiger partial charge in [0.05, 0.1) is 0 Å². The van der Waals surface area contributed by atoms with E-state index >= 15 is 0 Å². The molecule has 2 unspecified atom stereocenters. The van der Waals surface area contributed by atoms with Gasteiger partial charge in [-0.3, -0.25) is 4.90 Å². The van der Waals surface area contributed by atoms with Crippen LogP contribution in [0.15, 0.2) is 0 Å². The summed E-state index contributed by atoms with van der Waals surface area (Å²) in [6.45, 7) is 9.43. The molecule has 1 rings (SSSR count). The lowest BCUT2D eigenvalue weighted by Crippen LogP contribution is -2.41. The first-order valence-corrected chi connectivity index (χ1v) is 7.35. The SMILES string of the molecule is CCCC(N)CCN1CCCN(C)CC1CC. The first-order chi connectivity index (χ1) is 8.17. The van der Waals surface area contributed by atoms with Gasteiger partial charge >= 0.3 is 0 Å². The van der Waals surface area contributed by atoms with Gasteiger partial charge in [0, 0.05) is 18.6 Å². The van der Waals surface area contributed by atoms with Gasteiger partial charge in [0.15, 0.2) is 0 Å². The molecule has 0 aliphatic carbocycles. The van der Waals surface area contributed by atoms with Crippen LogP contribution < -0.4 is 5.73 Å². The Morgan fingerprint density at radius 3 is 2.65 bits per heavy atom.